The molecular weight excluding hydrogens is 440 g/mol. The highest BCUT2D eigenvalue weighted by molar-refractivity contribution is 7.99. The highest BCUT2D eigenvalue weighted by atomic mass is 32.2. The Morgan fingerprint density at radius 1 is 1.30 bits per heavy atom. The molecule has 1 N–H and O–H groups in total. The van der Waals surface area contributed by atoms with Gasteiger partial charge in [-0.05, 0) is 37.8 Å². The maximum atomic E-state index is 12.4. The number of nitrogens with one attached hydrogen (secondary N) is 1. The van der Waals surface area contributed by atoms with E-state index in [0.29, 0.717) is 15.7 Å². The van der Waals surface area contributed by atoms with Gasteiger partial charge in [0.15, 0.2) is 11.0 Å². The van der Waals surface area contributed by atoms with E-state index in [1.54, 1.807) is 22.8 Å². The minimum Gasteiger partial charge on any atom is -0.465 e. The number of thioether (sulfide) groups is 1. The predicted octanol–water partition coefficient (Wildman–Crippen LogP) is 5.12. The number of aryl methyl sites for hydroxylation is 1. The molecule has 10 heteroatoms. The standard InChI is InChI=1S/C20H24N4O3S3/c1-5-6-14-9-13(10-29-14)17-22-23-20(24(17)12(2)3)30-11-16(25)21-18-15(7-8-28-18)19(26)27-4/h7-10,12H,5-6,11H2,1-4H3,(H,21,25). The van der Waals surface area contributed by atoms with Crippen LogP contribution in [0.15, 0.2) is 28.0 Å². The van der Waals surface area contributed by atoms with E-state index >= 15 is 0 Å². The number of nitrogens with zero attached hydrogens (tertiary/aromatic N) is 3. The molecule has 30 heavy (non-hydrogen) atoms. The van der Waals surface area contributed by atoms with Crippen molar-refractivity contribution in [3.8, 4) is 11.4 Å². The number of carbonyl (C=O) groups is 2. The van der Waals surface area contributed by atoms with Crippen molar-refractivity contribution in [2.75, 3.05) is 18.2 Å². The minimum atomic E-state index is -0.471. The third kappa shape index (κ3) is 5.11. The fourth-order valence-corrected chi connectivity index (χ4v) is 5.51. The zero-order chi connectivity index (χ0) is 21.7. The van der Waals surface area contributed by atoms with Crippen LogP contribution in [-0.2, 0) is 16.0 Å². The number of methoxy groups -OCH3 is 1. The summed E-state index contributed by atoms with van der Waals surface area (Å²) in [6.07, 6.45) is 2.16. The largest absolute Gasteiger partial charge is 0.465 e. The van der Waals surface area contributed by atoms with Gasteiger partial charge in [0.05, 0.1) is 18.4 Å². The number of ether oxygens (including phenoxy) is 1. The highest BCUT2D eigenvalue weighted by Crippen LogP contribution is 2.31. The van der Waals surface area contributed by atoms with Crippen LogP contribution in [0.4, 0.5) is 5.00 Å². The molecule has 0 aliphatic rings. The van der Waals surface area contributed by atoms with Gasteiger partial charge in [0.1, 0.15) is 5.00 Å². The van der Waals surface area contributed by atoms with E-state index in [9.17, 15) is 9.59 Å². The lowest BCUT2D eigenvalue weighted by molar-refractivity contribution is -0.113. The van der Waals surface area contributed by atoms with Gasteiger partial charge in [0.25, 0.3) is 0 Å². The number of thiophene rings is 2. The number of hydrogen-bond donors (Lipinski definition) is 1. The fourth-order valence-electron chi connectivity index (χ4n) is 2.88. The van der Waals surface area contributed by atoms with Crippen molar-refractivity contribution in [1.29, 1.82) is 0 Å². The van der Waals surface area contributed by atoms with Crippen LogP contribution in [0.2, 0.25) is 0 Å². The van der Waals surface area contributed by atoms with Gasteiger partial charge in [-0.1, -0.05) is 25.1 Å². The second-order valence-electron chi connectivity index (χ2n) is 6.81. The summed E-state index contributed by atoms with van der Waals surface area (Å²) in [5.41, 5.74) is 1.41. The Hall–Kier alpha value is -2.17. The van der Waals surface area contributed by atoms with Crippen LogP contribution in [0.5, 0.6) is 0 Å². The molecule has 3 heterocycles. The lowest BCUT2D eigenvalue weighted by atomic mass is 10.2. The number of anilines is 1. The first-order valence-corrected chi connectivity index (χ1v) is 12.3. The summed E-state index contributed by atoms with van der Waals surface area (Å²) in [4.78, 5) is 25.5. The average Bonchev–Trinajstić information content (AvgIpc) is 3.45. The summed E-state index contributed by atoms with van der Waals surface area (Å²) >= 11 is 4.35. The van der Waals surface area contributed by atoms with Gasteiger partial charge in [-0.3, -0.25) is 9.36 Å². The van der Waals surface area contributed by atoms with Crippen molar-refractivity contribution in [2.24, 2.45) is 0 Å². The van der Waals surface area contributed by atoms with Crippen LogP contribution >= 0.6 is 34.4 Å². The van der Waals surface area contributed by atoms with Gasteiger partial charge in [0, 0.05) is 21.9 Å². The van der Waals surface area contributed by atoms with Gasteiger partial charge in [0.2, 0.25) is 5.91 Å². The first-order valence-electron chi connectivity index (χ1n) is 9.55. The second-order valence-corrected chi connectivity index (χ2v) is 9.67. The molecule has 0 spiro atoms. The first kappa shape index (κ1) is 22.5. The summed E-state index contributed by atoms with van der Waals surface area (Å²) < 4.78 is 6.80. The number of aromatic nitrogens is 3. The van der Waals surface area contributed by atoms with E-state index in [1.807, 2.05) is 0 Å². The lowest BCUT2D eigenvalue weighted by Gasteiger charge is -2.13. The van der Waals surface area contributed by atoms with Crippen LogP contribution in [0.3, 0.4) is 0 Å². The summed E-state index contributed by atoms with van der Waals surface area (Å²) in [6.45, 7) is 6.31. The van der Waals surface area contributed by atoms with E-state index < -0.39 is 5.97 Å². The molecule has 0 saturated heterocycles. The zero-order valence-electron chi connectivity index (χ0n) is 17.3. The normalized spacial score (nSPS) is 11.1. The van der Waals surface area contributed by atoms with E-state index in [4.69, 9.17) is 4.74 Å². The number of hydrogen-bond acceptors (Lipinski definition) is 8. The molecule has 160 valence electrons. The highest BCUT2D eigenvalue weighted by Gasteiger charge is 2.20. The molecule has 0 fully saturated rings. The third-order valence-electron chi connectivity index (χ3n) is 4.25. The molecule has 3 aromatic rings. The number of amides is 1. The Morgan fingerprint density at radius 2 is 2.10 bits per heavy atom. The molecule has 0 radical (unpaired) electrons. The fraction of sp³-hybridized carbons (Fsp3) is 0.400. The molecule has 3 aromatic heterocycles. The molecule has 0 aliphatic carbocycles. The molecule has 0 saturated carbocycles. The minimum absolute atomic E-state index is 0.151. The smallest absolute Gasteiger partial charge is 0.340 e. The van der Waals surface area contributed by atoms with Gasteiger partial charge < -0.3 is 10.1 Å². The van der Waals surface area contributed by atoms with Gasteiger partial charge in [-0.25, -0.2) is 4.79 Å². The zero-order valence-corrected chi connectivity index (χ0v) is 19.7. The molecule has 0 bridgehead atoms. The summed E-state index contributed by atoms with van der Waals surface area (Å²) in [7, 11) is 1.32. The maximum Gasteiger partial charge on any atom is 0.340 e. The lowest BCUT2D eigenvalue weighted by Crippen LogP contribution is -2.16. The molecule has 0 unspecified atom stereocenters. The second kappa shape index (κ2) is 10.2. The van der Waals surface area contributed by atoms with Crippen molar-refractivity contribution in [3.05, 3.63) is 33.3 Å². The Bertz CT molecular complexity index is 1020. The van der Waals surface area contributed by atoms with Crippen LogP contribution < -0.4 is 5.32 Å². The quantitative estimate of drug-likeness (QED) is 0.349. The molecule has 0 atom stereocenters. The summed E-state index contributed by atoms with van der Waals surface area (Å²) in [6, 6.07) is 3.95. The van der Waals surface area contributed by atoms with Crippen molar-refractivity contribution < 1.29 is 14.3 Å². The van der Waals surface area contributed by atoms with Crippen molar-refractivity contribution in [2.45, 2.75) is 44.8 Å². The third-order valence-corrected chi connectivity index (χ3v) is 7.01. The van der Waals surface area contributed by atoms with E-state index in [-0.39, 0.29) is 17.7 Å². The number of esters is 1. The Morgan fingerprint density at radius 3 is 2.80 bits per heavy atom. The van der Waals surface area contributed by atoms with Gasteiger partial charge >= 0.3 is 5.97 Å². The SMILES string of the molecule is CCCc1cc(-c2nnc(SCC(=O)Nc3sccc3C(=O)OC)n2C(C)C)cs1. The monoisotopic (exact) mass is 464 g/mol. The van der Waals surface area contributed by atoms with Gasteiger partial charge in [-0.2, -0.15) is 0 Å². The predicted molar refractivity (Wildman–Crippen MR) is 123 cm³/mol. The van der Waals surface area contributed by atoms with Gasteiger partial charge in [-0.15, -0.1) is 32.9 Å². The molecule has 7 nitrogen and oxygen atoms in total. The van der Waals surface area contributed by atoms with E-state index in [2.05, 4.69) is 52.3 Å². The maximum absolute atomic E-state index is 12.4. The average molecular weight is 465 g/mol. The molecule has 1 amide bonds. The summed E-state index contributed by atoms with van der Waals surface area (Å²) in [5, 5.41) is 16.5. The van der Waals surface area contributed by atoms with Crippen molar-refractivity contribution in [1.82, 2.24) is 14.8 Å². The first-order chi connectivity index (χ1) is 14.4. The van der Waals surface area contributed by atoms with Crippen LogP contribution in [0.25, 0.3) is 11.4 Å². The van der Waals surface area contributed by atoms with Crippen LogP contribution in [0, 0.1) is 0 Å². The molecule has 0 aromatic carbocycles. The molecule has 3 rings (SSSR count). The Balaban J connectivity index is 1.71. The number of carbonyl (C=O) groups excluding carboxylic acids is 2. The van der Waals surface area contributed by atoms with E-state index in [0.717, 1.165) is 24.2 Å². The van der Waals surface area contributed by atoms with Crippen molar-refractivity contribution >= 4 is 51.3 Å². The van der Waals surface area contributed by atoms with Crippen molar-refractivity contribution in [3.63, 3.8) is 0 Å². The molecule has 0 aliphatic heterocycles. The van der Waals surface area contributed by atoms with Crippen LogP contribution in [0.1, 0.15) is 48.5 Å². The molecular formula is C20H24N4O3S3. The summed E-state index contributed by atoms with van der Waals surface area (Å²) in [5.74, 6) is 0.293. The van der Waals surface area contributed by atoms with Crippen LogP contribution in [-0.4, -0.2) is 39.5 Å². The topological polar surface area (TPSA) is 86.1 Å². The Kier molecular flexibility index (Phi) is 7.68. The number of rotatable bonds is 9. The Labute approximate surface area is 187 Å². The van der Waals surface area contributed by atoms with E-state index in [1.165, 1.54) is 35.1 Å².